The molecule has 0 aliphatic heterocycles. The first kappa shape index (κ1) is 13.4. The van der Waals surface area contributed by atoms with Gasteiger partial charge < -0.3 is 9.88 Å². The zero-order valence-electron chi connectivity index (χ0n) is 12.3. The molecule has 0 atom stereocenters. The lowest BCUT2D eigenvalue weighted by atomic mass is 10.1. The number of imidazole rings is 1. The third kappa shape index (κ3) is 2.52. The molecule has 0 saturated heterocycles. The van der Waals surface area contributed by atoms with E-state index < -0.39 is 0 Å². The standard InChI is InChI=1S/C17H17N3O/c1-11-4-9-15-16(10-11)20(3)17(19-15)18-14-7-5-13(6-8-14)12(2)21/h4-10H,1-3H3,(H,18,19). The number of Topliss-reactive ketones (excluding diaryl/α,β-unsaturated/α-hetero) is 1. The summed E-state index contributed by atoms with van der Waals surface area (Å²) < 4.78 is 2.03. The van der Waals surface area contributed by atoms with E-state index >= 15 is 0 Å². The van der Waals surface area contributed by atoms with E-state index in [1.165, 1.54) is 5.56 Å². The molecule has 4 nitrogen and oxygen atoms in total. The number of aromatic nitrogens is 2. The van der Waals surface area contributed by atoms with Crippen LogP contribution in [0.1, 0.15) is 22.8 Å². The minimum atomic E-state index is 0.0692. The molecule has 4 heteroatoms. The predicted molar refractivity (Wildman–Crippen MR) is 85.2 cm³/mol. The molecule has 0 radical (unpaired) electrons. The fourth-order valence-electron chi connectivity index (χ4n) is 2.33. The maximum absolute atomic E-state index is 11.3. The van der Waals surface area contributed by atoms with Crippen molar-refractivity contribution >= 4 is 28.5 Å². The maximum Gasteiger partial charge on any atom is 0.208 e. The fourth-order valence-corrected chi connectivity index (χ4v) is 2.33. The highest BCUT2D eigenvalue weighted by molar-refractivity contribution is 5.94. The summed E-state index contributed by atoms with van der Waals surface area (Å²) in [6, 6.07) is 13.6. The Morgan fingerprint density at radius 3 is 2.52 bits per heavy atom. The summed E-state index contributed by atoms with van der Waals surface area (Å²) in [6.45, 7) is 3.64. The van der Waals surface area contributed by atoms with E-state index in [4.69, 9.17) is 0 Å². The Balaban J connectivity index is 1.94. The molecule has 3 aromatic rings. The fraction of sp³-hybridized carbons (Fsp3) is 0.176. The van der Waals surface area contributed by atoms with Gasteiger partial charge in [-0.3, -0.25) is 4.79 Å². The van der Waals surface area contributed by atoms with Gasteiger partial charge in [-0.15, -0.1) is 0 Å². The summed E-state index contributed by atoms with van der Waals surface area (Å²) in [5.74, 6) is 0.853. The lowest BCUT2D eigenvalue weighted by molar-refractivity contribution is 0.101. The van der Waals surface area contributed by atoms with Crippen LogP contribution >= 0.6 is 0 Å². The van der Waals surface area contributed by atoms with Gasteiger partial charge in [0, 0.05) is 18.3 Å². The van der Waals surface area contributed by atoms with Crippen molar-refractivity contribution in [2.24, 2.45) is 7.05 Å². The van der Waals surface area contributed by atoms with Gasteiger partial charge in [-0.2, -0.15) is 0 Å². The molecule has 0 amide bonds. The van der Waals surface area contributed by atoms with Gasteiger partial charge in [0.05, 0.1) is 11.0 Å². The van der Waals surface area contributed by atoms with Crippen molar-refractivity contribution in [2.75, 3.05) is 5.32 Å². The van der Waals surface area contributed by atoms with Gasteiger partial charge in [-0.25, -0.2) is 4.98 Å². The minimum absolute atomic E-state index is 0.0692. The highest BCUT2D eigenvalue weighted by Gasteiger charge is 2.08. The number of anilines is 2. The molecule has 2 aromatic carbocycles. The number of fused-ring (bicyclic) bond motifs is 1. The smallest absolute Gasteiger partial charge is 0.208 e. The van der Waals surface area contributed by atoms with Gasteiger partial charge in [0.1, 0.15) is 0 Å². The molecule has 0 aliphatic rings. The molecule has 0 unspecified atom stereocenters. The van der Waals surface area contributed by atoms with Crippen molar-refractivity contribution in [1.82, 2.24) is 9.55 Å². The largest absolute Gasteiger partial charge is 0.326 e. The van der Waals surface area contributed by atoms with Crippen molar-refractivity contribution in [3.8, 4) is 0 Å². The van der Waals surface area contributed by atoms with Gasteiger partial charge in [0.15, 0.2) is 5.78 Å². The summed E-state index contributed by atoms with van der Waals surface area (Å²) in [4.78, 5) is 15.9. The Labute approximate surface area is 123 Å². The van der Waals surface area contributed by atoms with E-state index in [1.54, 1.807) is 6.92 Å². The molecule has 106 valence electrons. The number of nitrogens with zero attached hydrogens (tertiary/aromatic N) is 2. The molecule has 1 N–H and O–H groups in total. The molecule has 0 aliphatic carbocycles. The Morgan fingerprint density at radius 2 is 1.86 bits per heavy atom. The lowest BCUT2D eigenvalue weighted by Crippen LogP contribution is -1.99. The second-order valence-corrected chi connectivity index (χ2v) is 5.25. The Kier molecular flexibility index (Phi) is 3.22. The normalized spacial score (nSPS) is 10.8. The van der Waals surface area contributed by atoms with Gasteiger partial charge in [0.25, 0.3) is 0 Å². The number of rotatable bonds is 3. The van der Waals surface area contributed by atoms with Gasteiger partial charge in [0.2, 0.25) is 5.95 Å². The summed E-state index contributed by atoms with van der Waals surface area (Å²) in [5, 5.41) is 3.29. The minimum Gasteiger partial charge on any atom is -0.326 e. The van der Waals surface area contributed by atoms with Crippen LogP contribution in [0.2, 0.25) is 0 Å². The molecule has 21 heavy (non-hydrogen) atoms. The molecular weight excluding hydrogens is 262 g/mol. The van der Waals surface area contributed by atoms with E-state index in [1.807, 2.05) is 41.9 Å². The van der Waals surface area contributed by atoms with Crippen LogP contribution in [0.3, 0.4) is 0 Å². The van der Waals surface area contributed by atoms with Crippen molar-refractivity contribution in [2.45, 2.75) is 13.8 Å². The number of ketones is 1. The first-order chi connectivity index (χ1) is 10.0. The SMILES string of the molecule is CC(=O)c1ccc(Nc2nc3ccc(C)cc3n2C)cc1. The van der Waals surface area contributed by atoms with Crippen molar-refractivity contribution in [3.63, 3.8) is 0 Å². The zero-order valence-corrected chi connectivity index (χ0v) is 12.3. The zero-order chi connectivity index (χ0) is 15.0. The van der Waals surface area contributed by atoms with Crippen LogP contribution < -0.4 is 5.32 Å². The highest BCUT2D eigenvalue weighted by Crippen LogP contribution is 2.22. The molecule has 0 saturated carbocycles. The Hall–Kier alpha value is -2.62. The number of carbonyl (C=O) groups is 1. The lowest BCUT2D eigenvalue weighted by Gasteiger charge is -2.06. The third-order valence-electron chi connectivity index (χ3n) is 3.58. The number of hydrogen-bond donors (Lipinski definition) is 1. The average Bonchev–Trinajstić information content (AvgIpc) is 2.76. The molecule has 0 fully saturated rings. The highest BCUT2D eigenvalue weighted by atomic mass is 16.1. The molecule has 0 spiro atoms. The third-order valence-corrected chi connectivity index (χ3v) is 3.58. The van der Waals surface area contributed by atoms with Crippen molar-refractivity contribution in [3.05, 3.63) is 53.6 Å². The monoisotopic (exact) mass is 279 g/mol. The number of aryl methyl sites for hydroxylation is 2. The van der Waals surface area contributed by atoms with Crippen LogP contribution in [-0.2, 0) is 7.05 Å². The first-order valence-corrected chi connectivity index (χ1v) is 6.86. The van der Waals surface area contributed by atoms with Gasteiger partial charge >= 0.3 is 0 Å². The quantitative estimate of drug-likeness (QED) is 0.741. The van der Waals surface area contributed by atoms with Crippen molar-refractivity contribution in [1.29, 1.82) is 0 Å². The second kappa shape index (κ2) is 5.05. The summed E-state index contributed by atoms with van der Waals surface area (Å²) >= 11 is 0. The van der Waals surface area contributed by atoms with Gasteiger partial charge in [-0.1, -0.05) is 6.07 Å². The number of benzene rings is 2. The summed E-state index contributed by atoms with van der Waals surface area (Å²) in [6.07, 6.45) is 0. The van der Waals surface area contributed by atoms with Crippen LogP contribution in [0.15, 0.2) is 42.5 Å². The van der Waals surface area contributed by atoms with E-state index in [2.05, 4.69) is 29.4 Å². The maximum atomic E-state index is 11.3. The van der Waals surface area contributed by atoms with E-state index in [-0.39, 0.29) is 5.78 Å². The molecular formula is C17H17N3O. The van der Waals surface area contributed by atoms with Crippen LogP contribution in [-0.4, -0.2) is 15.3 Å². The van der Waals surface area contributed by atoms with Crippen LogP contribution in [0.5, 0.6) is 0 Å². The van der Waals surface area contributed by atoms with E-state index in [0.29, 0.717) is 5.56 Å². The van der Waals surface area contributed by atoms with Gasteiger partial charge in [-0.05, 0) is 55.8 Å². The summed E-state index contributed by atoms with van der Waals surface area (Å²) in [7, 11) is 1.99. The average molecular weight is 279 g/mol. The number of nitrogens with one attached hydrogen (secondary N) is 1. The predicted octanol–water partition coefficient (Wildman–Crippen LogP) is 3.83. The molecule has 1 aromatic heterocycles. The first-order valence-electron chi connectivity index (χ1n) is 6.86. The van der Waals surface area contributed by atoms with Crippen LogP contribution in [0.25, 0.3) is 11.0 Å². The number of carbonyl (C=O) groups excluding carboxylic acids is 1. The molecule has 0 bridgehead atoms. The molecule has 1 heterocycles. The Bertz CT molecular complexity index is 816. The Morgan fingerprint density at radius 1 is 1.14 bits per heavy atom. The van der Waals surface area contributed by atoms with Crippen LogP contribution in [0.4, 0.5) is 11.6 Å². The van der Waals surface area contributed by atoms with Crippen molar-refractivity contribution < 1.29 is 4.79 Å². The van der Waals surface area contributed by atoms with E-state index in [9.17, 15) is 4.79 Å². The van der Waals surface area contributed by atoms with E-state index in [0.717, 1.165) is 22.7 Å². The molecule has 3 rings (SSSR count). The summed E-state index contributed by atoms with van der Waals surface area (Å²) in [5.41, 5.74) is 4.89. The van der Waals surface area contributed by atoms with Crippen LogP contribution in [0, 0.1) is 6.92 Å². The topological polar surface area (TPSA) is 46.9 Å². The number of hydrogen-bond acceptors (Lipinski definition) is 3. The second-order valence-electron chi connectivity index (χ2n) is 5.25.